The molecule has 0 aromatic heterocycles. The summed E-state index contributed by atoms with van der Waals surface area (Å²) in [6.07, 6.45) is -4.37. The Morgan fingerprint density at radius 3 is 1.52 bits per heavy atom. The molecule has 3 aromatic carbocycles. The van der Waals surface area contributed by atoms with Crippen LogP contribution < -0.4 is 0 Å². The third-order valence-corrected chi connectivity index (χ3v) is 5.08. The van der Waals surface area contributed by atoms with E-state index in [1.165, 1.54) is 17.0 Å². The molecule has 1 aliphatic rings. The monoisotopic (exact) mass is 393 g/mol. The lowest BCUT2D eigenvalue weighted by atomic mass is 10.0. The molecule has 2 atom stereocenters. The van der Waals surface area contributed by atoms with Crippen LogP contribution in [0.3, 0.4) is 0 Å². The van der Waals surface area contributed by atoms with E-state index < -0.39 is 24.0 Å². The molecular formula is C24H18F3NO. The first kappa shape index (κ1) is 19.0. The van der Waals surface area contributed by atoms with E-state index in [2.05, 4.69) is 0 Å². The van der Waals surface area contributed by atoms with E-state index in [0.717, 1.165) is 11.1 Å². The molecule has 1 aliphatic heterocycles. The van der Waals surface area contributed by atoms with Gasteiger partial charge in [0.15, 0.2) is 6.29 Å². The van der Waals surface area contributed by atoms with Crippen LogP contribution in [0.2, 0.25) is 0 Å². The number of allylic oxidation sites excluding steroid dienone is 2. The summed E-state index contributed by atoms with van der Waals surface area (Å²) in [5, 5.41) is 0. The Labute approximate surface area is 166 Å². The minimum absolute atomic E-state index is 0.250. The number of nitrogens with zero attached hydrogens (tertiary/aromatic N) is 1. The first-order valence-corrected chi connectivity index (χ1v) is 9.22. The summed E-state index contributed by atoms with van der Waals surface area (Å²) in [5.41, 5.74) is 0.557. The summed E-state index contributed by atoms with van der Waals surface area (Å²) in [5.74, 6) is 0. The Morgan fingerprint density at radius 2 is 1.14 bits per heavy atom. The van der Waals surface area contributed by atoms with Crippen molar-refractivity contribution in [1.82, 2.24) is 4.90 Å². The number of aldehydes is 1. The SMILES string of the molecule is O=C/C(=C(/N1[C@H](c2ccccc2)[C@@H]1c1ccccc1)C(F)(F)F)c1ccccc1. The number of rotatable bonds is 5. The van der Waals surface area contributed by atoms with E-state index in [1.807, 2.05) is 60.7 Å². The average molecular weight is 393 g/mol. The molecule has 0 aliphatic carbocycles. The minimum Gasteiger partial charge on any atom is -0.348 e. The topological polar surface area (TPSA) is 20.1 Å². The highest BCUT2D eigenvalue weighted by atomic mass is 19.4. The summed E-state index contributed by atoms with van der Waals surface area (Å²) in [4.78, 5) is 13.1. The van der Waals surface area contributed by atoms with Gasteiger partial charge in [-0.2, -0.15) is 13.2 Å². The molecule has 0 unspecified atom stereocenters. The van der Waals surface area contributed by atoms with Crippen LogP contribution in [0.25, 0.3) is 5.57 Å². The van der Waals surface area contributed by atoms with E-state index in [9.17, 15) is 18.0 Å². The molecule has 5 heteroatoms. The number of carbonyl (C=O) groups is 1. The van der Waals surface area contributed by atoms with E-state index >= 15 is 0 Å². The number of hydrogen-bond donors (Lipinski definition) is 0. The predicted molar refractivity (Wildman–Crippen MR) is 106 cm³/mol. The molecule has 1 heterocycles. The summed E-state index contributed by atoms with van der Waals surface area (Å²) < 4.78 is 42.8. The summed E-state index contributed by atoms with van der Waals surface area (Å²) in [6.45, 7) is 0. The zero-order valence-corrected chi connectivity index (χ0v) is 15.4. The van der Waals surface area contributed by atoms with Gasteiger partial charge in [0.25, 0.3) is 0 Å². The standard InChI is InChI=1S/C24H18F3NO/c25-24(26,27)23(20(16-29)17-10-4-1-5-11-17)28-21(18-12-6-2-7-13-18)22(28)19-14-8-3-9-15-19/h1-16,21-22H/b23-20-/t21-,22+,28?. The van der Waals surface area contributed by atoms with Crippen LogP contribution in [0.15, 0.2) is 96.7 Å². The lowest BCUT2D eigenvalue weighted by molar-refractivity contribution is -0.109. The highest BCUT2D eigenvalue weighted by Gasteiger charge is 2.57. The molecular weight excluding hydrogens is 375 g/mol. The number of halogens is 3. The van der Waals surface area contributed by atoms with Crippen LogP contribution >= 0.6 is 0 Å². The van der Waals surface area contributed by atoms with Crippen molar-refractivity contribution in [3.63, 3.8) is 0 Å². The Balaban J connectivity index is 1.89. The van der Waals surface area contributed by atoms with Gasteiger partial charge >= 0.3 is 6.18 Å². The molecule has 1 saturated heterocycles. The molecule has 3 aromatic rings. The molecule has 4 rings (SSSR count). The summed E-state index contributed by atoms with van der Waals surface area (Å²) >= 11 is 0. The van der Waals surface area contributed by atoms with Gasteiger partial charge in [-0.15, -0.1) is 0 Å². The van der Waals surface area contributed by atoms with Gasteiger partial charge in [0, 0.05) is 5.57 Å². The molecule has 29 heavy (non-hydrogen) atoms. The molecule has 0 N–H and O–H groups in total. The van der Waals surface area contributed by atoms with Crippen molar-refractivity contribution in [3.05, 3.63) is 113 Å². The largest absolute Gasteiger partial charge is 0.431 e. The van der Waals surface area contributed by atoms with Crippen LogP contribution in [0.1, 0.15) is 28.8 Å². The van der Waals surface area contributed by atoms with Gasteiger partial charge < -0.3 is 4.90 Å². The molecule has 0 bridgehead atoms. The maximum absolute atomic E-state index is 14.3. The molecule has 0 radical (unpaired) electrons. The van der Waals surface area contributed by atoms with Crippen LogP contribution in [0.4, 0.5) is 13.2 Å². The van der Waals surface area contributed by atoms with Gasteiger partial charge in [0.2, 0.25) is 0 Å². The molecule has 0 spiro atoms. The van der Waals surface area contributed by atoms with Crippen LogP contribution in [0.5, 0.6) is 0 Å². The summed E-state index contributed by atoms with van der Waals surface area (Å²) in [7, 11) is 0. The molecule has 0 amide bonds. The zero-order valence-electron chi connectivity index (χ0n) is 15.4. The van der Waals surface area contributed by atoms with Crippen molar-refractivity contribution in [2.75, 3.05) is 0 Å². The van der Waals surface area contributed by atoms with E-state index in [1.54, 1.807) is 18.2 Å². The van der Waals surface area contributed by atoms with Gasteiger partial charge in [0.1, 0.15) is 5.70 Å². The number of hydrogen-bond acceptors (Lipinski definition) is 2. The third kappa shape index (κ3) is 3.68. The highest BCUT2D eigenvalue weighted by molar-refractivity contribution is 6.08. The fraction of sp³-hybridized carbons (Fsp3) is 0.125. The maximum Gasteiger partial charge on any atom is 0.431 e. The van der Waals surface area contributed by atoms with Gasteiger partial charge in [-0.1, -0.05) is 91.0 Å². The van der Waals surface area contributed by atoms with E-state index in [-0.39, 0.29) is 11.1 Å². The normalized spacial score (nSPS) is 19.5. The lowest BCUT2D eigenvalue weighted by Gasteiger charge is -2.19. The molecule has 146 valence electrons. The van der Waals surface area contributed by atoms with Gasteiger partial charge in [-0.05, 0) is 16.7 Å². The van der Waals surface area contributed by atoms with E-state index in [0.29, 0.717) is 6.29 Å². The second kappa shape index (κ2) is 7.59. The van der Waals surface area contributed by atoms with Crippen molar-refractivity contribution < 1.29 is 18.0 Å². The van der Waals surface area contributed by atoms with Crippen LogP contribution in [0, 0.1) is 0 Å². The third-order valence-electron chi connectivity index (χ3n) is 5.08. The Bertz CT molecular complexity index is 969. The van der Waals surface area contributed by atoms with Crippen molar-refractivity contribution in [2.45, 2.75) is 18.3 Å². The van der Waals surface area contributed by atoms with Crippen molar-refractivity contribution in [1.29, 1.82) is 0 Å². The number of benzene rings is 3. The first-order chi connectivity index (χ1) is 14.0. The van der Waals surface area contributed by atoms with Crippen molar-refractivity contribution >= 4 is 11.9 Å². The van der Waals surface area contributed by atoms with Crippen molar-refractivity contribution in [3.8, 4) is 0 Å². The van der Waals surface area contributed by atoms with Crippen LogP contribution in [-0.2, 0) is 4.79 Å². The Hall–Kier alpha value is -3.34. The fourth-order valence-electron chi connectivity index (χ4n) is 3.81. The average Bonchev–Trinajstić information content (AvgIpc) is 3.47. The molecule has 2 nitrogen and oxygen atoms in total. The molecule has 0 saturated carbocycles. The first-order valence-electron chi connectivity index (χ1n) is 9.22. The number of carbonyl (C=O) groups excluding carboxylic acids is 1. The second-order valence-electron chi connectivity index (χ2n) is 6.86. The Kier molecular flexibility index (Phi) is 4.97. The predicted octanol–water partition coefficient (Wildman–Crippen LogP) is 5.96. The Morgan fingerprint density at radius 1 is 0.724 bits per heavy atom. The van der Waals surface area contributed by atoms with Gasteiger partial charge in [-0.3, -0.25) is 4.79 Å². The molecule has 1 fully saturated rings. The maximum atomic E-state index is 14.3. The van der Waals surface area contributed by atoms with Gasteiger partial charge in [-0.25, -0.2) is 0 Å². The second-order valence-corrected chi connectivity index (χ2v) is 6.86. The van der Waals surface area contributed by atoms with Crippen molar-refractivity contribution in [2.24, 2.45) is 0 Å². The lowest BCUT2D eigenvalue weighted by Crippen LogP contribution is -2.22. The quantitative estimate of drug-likeness (QED) is 0.303. The van der Waals surface area contributed by atoms with E-state index in [4.69, 9.17) is 0 Å². The summed E-state index contributed by atoms with van der Waals surface area (Å²) in [6, 6.07) is 25.2. The zero-order chi connectivity index (χ0) is 20.4. The van der Waals surface area contributed by atoms with Gasteiger partial charge in [0.05, 0.1) is 12.1 Å². The number of alkyl halides is 3. The van der Waals surface area contributed by atoms with Crippen LogP contribution in [-0.4, -0.2) is 17.4 Å². The highest BCUT2D eigenvalue weighted by Crippen LogP contribution is 2.60. The smallest absolute Gasteiger partial charge is 0.348 e. The fourth-order valence-corrected chi connectivity index (χ4v) is 3.81. The minimum atomic E-state index is -4.68.